The first-order valence-corrected chi connectivity index (χ1v) is 3.59. The Labute approximate surface area is 63.7 Å². The average molecular weight is 138 g/mol. The van der Waals surface area contributed by atoms with E-state index in [9.17, 15) is 0 Å². The smallest absolute Gasteiger partial charge is 0.375 e. The van der Waals surface area contributed by atoms with Gasteiger partial charge in [0.1, 0.15) is 0 Å². The van der Waals surface area contributed by atoms with Gasteiger partial charge in [-0.25, -0.2) is 0 Å². The van der Waals surface area contributed by atoms with Crippen LogP contribution < -0.4 is 15.4 Å². The molecule has 0 atom stereocenters. The third-order valence-electron chi connectivity index (χ3n) is 1.63. The lowest BCUT2D eigenvalue weighted by molar-refractivity contribution is 0.621. The SMILES string of the molecule is CB1NBNB(N(C)C)N1. The van der Waals surface area contributed by atoms with Crippen molar-refractivity contribution >= 4 is 21.6 Å². The third kappa shape index (κ3) is 2.02. The molecule has 0 saturated carbocycles. The van der Waals surface area contributed by atoms with Crippen LogP contribution in [0.3, 0.4) is 0 Å². The summed E-state index contributed by atoms with van der Waals surface area (Å²) in [5.74, 6) is 0. The van der Waals surface area contributed by atoms with Crippen molar-refractivity contribution in [3.05, 3.63) is 0 Å². The van der Waals surface area contributed by atoms with Crippen LogP contribution in [0.4, 0.5) is 0 Å². The molecule has 10 heavy (non-hydrogen) atoms. The van der Waals surface area contributed by atoms with Crippen molar-refractivity contribution < 1.29 is 0 Å². The van der Waals surface area contributed by atoms with Gasteiger partial charge in [-0.1, -0.05) is 6.82 Å². The van der Waals surface area contributed by atoms with Crippen molar-refractivity contribution in [2.75, 3.05) is 14.1 Å². The fourth-order valence-corrected chi connectivity index (χ4v) is 0.995. The Balaban J connectivity index is 2.32. The van der Waals surface area contributed by atoms with Gasteiger partial charge in [0, 0.05) is 0 Å². The molecule has 0 aromatic heterocycles. The highest BCUT2D eigenvalue weighted by Gasteiger charge is 2.25. The molecule has 0 aliphatic carbocycles. The molecule has 0 aromatic carbocycles. The van der Waals surface area contributed by atoms with E-state index in [0.29, 0.717) is 14.1 Å². The van der Waals surface area contributed by atoms with Crippen molar-refractivity contribution in [3.8, 4) is 0 Å². The highest BCUT2D eigenvalue weighted by atomic mass is 15.2. The fraction of sp³-hybridized carbons (Fsp3) is 1.00. The number of rotatable bonds is 1. The van der Waals surface area contributed by atoms with Gasteiger partial charge in [-0.05, 0) is 14.1 Å². The lowest BCUT2D eigenvalue weighted by Gasteiger charge is -2.29. The molecule has 0 aromatic rings. The van der Waals surface area contributed by atoms with E-state index in [4.69, 9.17) is 0 Å². The Bertz CT molecular complexity index is 110. The van der Waals surface area contributed by atoms with Gasteiger partial charge >= 0.3 is 7.12 Å². The zero-order valence-electron chi connectivity index (χ0n) is 6.81. The van der Waals surface area contributed by atoms with Gasteiger partial charge in [-0.15, -0.1) is 0 Å². The molecule has 1 saturated heterocycles. The van der Waals surface area contributed by atoms with Crippen molar-refractivity contribution in [2.24, 2.45) is 0 Å². The summed E-state index contributed by atoms with van der Waals surface area (Å²) in [4.78, 5) is 2.11. The molecule has 4 nitrogen and oxygen atoms in total. The first-order chi connectivity index (χ1) is 4.70. The molecular weight excluding hydrogens is 124 g/mol. The summed E-state index contributed by atoms with van der Waals surface area (Å²) in [6, 6.07) is 0. The van der Waals surface area contributed by atoms with E-state index in [1.165, 1.54) is 0 Å². The van der Waals surface area contributed by atoms with E-state index in [-0.39, 0.29) is 0 Å². The highest BCUT2D eigenvalue weighted by Crippen LogP contribution is 1.81. The topological polar surface area (TPSA) is 39.3 Å². The van der Waals surface area contributed by atoms with Crippen LogP contribution in [-0.2, 0) is 0 Å². The Morgan fingerprint density at radius 2 is 2.00 bits per heavy atom. The number of hydrogen-bond acceptors (Lipinski definition) is 4. The lowest BCUT2D eigenvalue weighted by Crippen LogP contribution is -2.72. The van der Waals surface area contributed by atoms with Crippen LogP contribution in [0.25, 0.3) is 0 Å². The Morgan fingerprint density at radius 3 is 2.40 bits per heavy atom. The molecule has 1 rings (SSSR count). The van der Waals surface area contributed by atoms with E-state index in [1.54, 1.807) is 0 Å². The third-order valence-corrected chi connectivity index (χ3v) is 1.63. The molecule has 0 amide bonds. The minimum absolute atomic E-state index is 0.302. The molecule has 1 aliphatic rings. The quantitative estimate of drug-likeness (QED) is 0.356. The summed E-state index contributed by atoms with van der Waals surface area (Å²) in [5, 5.41) is 9.79. The van der Waals surface area contributed by atoms with Gasteiger partial charge in [0.05, 0.1) is 0 Å². The molecule has 3 N–H and O–H groups in total. The monoisotopic (exact) mass is 138 g/mol. The second-order valence-electron chi connectivity index (χ2n) is 2.84. The van der Waals surface area contributed by atoms with Crippen LogP contribution in [0.5, 0.6) is 0 Å². The van der Waals surface area contributed by atoms with Crippen LogP contribution in [-0.4, -0.2) is 40.6 Å². The lowest BCUT2D eigenvalue weighted by atomic mass is 9.63. The van der Waals surface area contributed by atoms with E-state index in [0.717, 1.165) is 7.55 Å². The maximum absolute atomic E-state index is 3.32. The van der Waals surface area contributed by atoms with E-state index < -0.39 is 0 Å². The van der Waals surface area contributed by atoms with Gasteiger partial charge < -0.3 is 20.2 Å². The van der Waals surface area contributed by atoms with E-state index in [2.05, 4.69) is 27.1 Å². The van der Waals surface area contributed by atoms with Crippen LogP contribution in [0, 0.1) is 0 Å². The molecule has 1 heterocycles. The number of nitrogens with one attached hydrogen (secondary N) is 3. The standard InChI is InChI=1S/C3H13B3N4/c1-5-7-4-8-6(9-5)10(2)3/h4,7-9H,1-3H3. The second kappa shape index (κ2) is 3.43. The summed E-state index contributed by atoms with van der Waals surface area (Å²) in [7, 11) is 5.26. The Morgan fingerprint density at radius 1 is 1.30 bits per heavy atom. The summed E-state index contributed by atoms with van der Waals surface area (Å²) in [6.45, 7) is 2.51. The minimum Gasteiger partial charge on any atom is -0.375 e. The van der Waals surface area contributed by atoms with Gasteiger partial charge in [-0.3, -0.25) is 0 Å². The maximum atomic E-state index is 3.32. The normalized spacial score (nSPS) is 19.6. The number of hydrogen-bond donors (Lipinski definition) is 3. The van der Waals surface area contributed by atoms with Crippen molar-refractivity contribution in [3.63, 3.8) is 0 Å². The molecule has 54 valence electrons. The van der Waals surface area contributed by atoms with Crippen LogP contribution in [0.2, 0.25) is 6.82 Å². The van der Waals surface area contributed by atoms with E-state index in [1.807, 2.05) is 14.1 Å². The summed E-state index contributed by atoms with van der Waals surface area (Å²) in [5.41, 5.74) is 0. The molecule has 0 spiro atoms. The molecule has 1 fully saturated rings. The van der Waals surface area contributed by atoms with Gasteiger partial charge in [-0.2, -0.15) is 0 Å². The predicted octanol–water partition coefficient (Wildman–Crippen LogP) is -2.30. The molecule has 0 bridgehead atoms. The van der Waals surface area contributed by atoms with Crippen LogP contribution >= 0.6 is 0 Å². The maximum Gasteiger partial charge on any atom is 0.376 e. The molecule has 7 heteroatoms. The van der Waals surface area contributed by atoms with E-state index >= 15 is 0 Å². The Hall–Kier alpha value is 0.0348. The summed E-state index contributed by atoms with van der Waals surface area (Å²) < 4.78 is 0. The summed E-state index contributed by atoms with van der Waals surface area (Å²) in [6.07, 6.45) is 0. The predicted molar refractivity (Wildman–Crippen MR) is 47.6 cm³/mol. The van der Waals surface area contributed by atoms with Gasteiger partial charge in [0.25, 0.3) is 14.5 Å². The first-order valence-electron chi connectivity index (χ1n) is 3.59. The highest BCUT2D eigenvalue weighted by molar-refractivity contribution is 6.80. The van der Waals surface area contributed by atoms with Crippen LogP contribution in [0.15, 0.2) is 0 Å². The molecular formula is C3H13B3N4. The van der Waals surface area contributed by atoms with Gasteiger partial charge in [0.2, 0.25) is 0 Å². The van der Waals surface area contributed by atoms with Crippen molar-refractivity contribution in [2.45, 2.75) is 6.82 Å². The molecule has 0 unspecified atom stereocenters. The zero-order chi connectivity index (χ0) is 7.56. The average Bonchev–Trinajstić information content (AvgIpc) is 1.88. The molecule has 1 aliphatic heterocycles. The van der Waals surface area contributed by atoms with Crippen molar-refractivity contribution in [1.29, 1.82) is 0 Å². The number of nitrogens with zero attached hydrogens (tertiary/aromatic N) is 1. The minimum atomic E-state index is 0.302. The largest absolute Gasteiger partial charge is 0.376 e. The van der Waals surface area contributed by atoms with Crippen LogP contribution in [0.1, 0.15) is 0 Å². The second-order valence-corrected chi connectivity index (χ2v) is 2.84. The van der Waals surface area contributed by atoms with Gasteiger partial charge in [0.15, 0.2) is 0 Å². The molecule has 0 radical (unpaired) electrons. The Kier molecular flexibility index (Phi) is 2.79. The first kappa shape index (κ1) is 8.13. The zero-order valence-corrected chi connectivity index (χ0v) is 6.81. The van der Waals surface area contributed by atoms with Crippen molar-refractivity contribution in [1.82, 2.24) is 20.2 Å². The fourth-order valence-electron chi connectivity index (χ4n) is 0.995. The summed E-state index contributed by atoms with van der Waals surface area (Å²) >= 11 is 0.